The summed E-state index contributed by atoms with van der Waals surface area (Å²) in [6, 6.07) is 12.8. The highest BCUT2D eigenvalue weighted by atomic mass is 16.6. The zero-order chi connectivity index (χ0) is 16.4. The van der Waals surface area contributed by atoms with Gasteiger partial charge in [-0.05, 0) is 24.3 Å². The van der Waals surface area contributed by atoms with Crippen molar-refractivity contribution in [1.29, 1.82) is 0 Å². The number of nitrogens with zero attached hydrogens (tertiary/aromatic N) is 1. The van der Waals surface area contributed by atoms with Gasteiger partial charge in [0.25, 0.3) is 5.91 Å². The summed E-state index contributed by atoms with van der Waals surface area (Å²) in [7, 11) is 0. The highest BCUT2D eigenvalue weighted by Gasteiger charge is 2.20. The third-order valence-electron chi connectivity index (χ3n) is 3.70. The van der Waals surface area contributed by atoms with Gasteiger partial charge in [-0.25, -0.2) is 4.98 Å². The summed E-state index contributed by atoms with van der Waals surface area (Å²) in [6.45, 7) is 0.925. The van der Waals surface area contributed by atoms with E-state index in [0.29, 0.717) is 36.0 Å². The molecular weight excluding hydrogens is 306 g/mol. The number of hydrogen-bond donors (Lipinski definition) is 2. The Balaban J connectivity index is 1.60. The zero-order valence-electron chi connectivity index (χ0n) is 12.8. The molecule has 2 heterocycles. The Hall–Kier alpha value is -3.28. The number of carbonyl (C=O) groups excluding carboxylic acids is 1. The summed E-state index contributed by atoms with van der Waals surface area (Å²) >= 11 is 0. The molecular formula is C18H15N3O3. The number of H-pyrrole nitrogens is 1. The second-order valence-electron chi connectivity index (χ2n) is 5.30. The molecule has 0 radical (unpaired) electrons. The smallest absolute Gasteiger partial charge is 0.259 e. The fourth-order valence-electron chi connectivity index (χ4n) is 2.62. The van der Waals surface area contributed by atoms with Gasteiger partial charge in [-0.3, -0.25) is 4.79 Å². The minimum absolute atomic E-state index is 0.242. The Kier molecular flexibility index (Phi) is 3.63. The quantitative estimate of drug-likeness (QED) is 0.777. The van der Waals surface area contributed by atoms with Crippen LogP contribution in [0.1, 0.15) is 10.4 Å². The molecule has 120 valence electrons. The Morgan fingerprint density at radius 3 is 2.88 bits per heavy atom. The molecule has 0 bridgehead atoms. The summed E-state index contributed by atoms with van der Waals surface area (Å²) in [6.07, 6.45) is 3.45. The van der Waals surface area contributed by atoms with Crippen LogP contribution in [0.5, 0.6) is 11.5 Å². The average Bonchev–Trinajstić information content (AvgIpc) is 3.16. The van der Waals surface area contributed by atoms with Crippen molar-refractivity contribution < 1.29 is 14.3 Å². The van der Waals surface area contributed by atoms with Crippen molar-refractivity contribution in [1.82, 2.24) is 9.97 Å². The number of amides is 1. The van der Waals surface area contributed by atoms with Gasteiger partial charge in [-0.2, -0.15) is 0 Å². The summed E-state index contributed by atoms with van der Waals surface area (Å²) in [5, 5.41) is 2.89. The van der Waals surface area contributed by atoms with E-state index in [1.807, 2.05) is 24.3 Å². The molecule has 24 heavy (non-hydrogen) atoms. The normalized spacial score (nSPS) is 12.7. The molecule has 0 spiro atoms. The lowest BCUT2D eigenvalue weighted by Crippen LogP contribution is -2.20. The number of anilines is 1. The number of aromatic nitrogens is 2. The monoisotopic (exact) mass is 321 g/mol. The van der Waals surface area contributed by atoms with Crippen LogP contribution in [0.25, 0.3) is 11.4 Å². The molecule has 3 aromatic rings. The van der Waals surface area contributed by atoms with Gasteiger partial charge in [0.2, 0.25) is 0 Å². The van der Waals surface area contributed by atoms with E-state index in [9.17, 15) is 4.79 Å². The number of hydrogen-bond acceptors (Lipinski definition) is 4. The number of nitrogens with one attached hydrogen (secondary N) is 2. The van der Waals surface area contributed by atoms with Gasteiger partial charge in [0, 0.05) is 23.6 Å². The van der Waals surface area contributed by atoms with Gasteiger partial charge in [-0.15, -0.1) is 0 Å². The molecule has 0 aliphatic carbocycles. The zero-order valence-corrected chi connectivity index (χ0v) is 12.8. The Morgan fingerprint density at radius 2 is 2.00 bits per heavy atom. The van der Waals surface area contributed by atoms with Crippen LogP contribution in [0.4, 0.5) is 5.69 Å². The average molecular weight is 321 g/mol. The minimum atomic E-state index is -0.242. The van der Waals surface area contributed by atoms with Crippen molar-refractivity contribution in [2.75, 3.05) is 18.5 Å². The van der Waals surface area contributed by atoms with Crippen LogP contribution in [0, 0.1) is 0 Å². The van der Waals surface area contributed by atoms with Crippen molar-refractivity contribution in [2.24, 2.45) is 0 Å². The number of ether oxygens (including phenoxy) is 2. The molecule has 0 saturated carbocycles. The predicted octanol–water partition coefficient (Wildman–Crippen LogP) is 3.10. The minimum Gasteiger partial charge on any atom is -0.486 e. The van der Waals surface area contributed by atoms with Crippen molar-refractivity contribution >= 4 is 11.6 Å². The highest BCUT2D eigenvalue weighted by molar-refractivity contribution is 6.07. The van der Waals surface area contributed by atoms with E-state index in [2.05, 4.69) is 15.3 Å². The van der Waals surface area contributed by atoms with E-state index in [1.54, 1.807) is 30.6 Å². The summed E-state index contributed by atoms with van der Waals surface area (Å²) in [5.41, 5.74) is 2.03. The van der Waals surface area contributed by atoms with Gasteiger partial charge in [0.1, 0.15) is 19.0 Å². The van der Waals surface area contributed by atoms with E-state index < -0.39 is 0 Å². The van der Waals surface area contributed by atoms with Crippen LogP contribution in [0.15, 0.2) is 54.9 Å². The SMILES string of the molecule is O=C(Nc1cccc(-c2ncc[nH]2)c1)c1cccc2c1OCCO2. The lowest BCUT2D eigenvalue weighted by Gasteiger charge is -2.20. The predicted molar refractivity (Wildman–Crippen MR) is 89.4 cm³/mol. The number of rotatable bonds is 3. The fraction of sp³-hybridized carbons (Fsp3) is 0.111. The molecule has 6 heteroatoms. The van der Waals surface area contributed by atoms with Gasteiger partial charge < -0.3 is 19.8 Å². The first-order chi connectivity index (χ1) is 11.8. The second-order valence-corrected chi connectivity index (χ2v) is 5.30. The summed E-state index contributed by atoms with van der Waals surface area (Å²) in [4.78, 5) is 19.9. The number of imidazole rings is 1. The maximum Gasteiger partial charge on any atom is 0.259 e. The third-order valence-corrected chi connectivity index (χ3v) is 3.70. The first kappa shape index (κ1) is 14.3. The molecule has 1 amide bonds. The van der Waals surface area contributed by atoms with Crippen LogP contribution in [-0.2, 0) is 0 Å². The van der Waals surface area contributed by atoms with Gasteiger partial charge in [0.15, 0.2) is 11.5 Å². The maximum atomic E-state index is 12.6. The van der Waals surface area contributed by atoms with Crippen LogP contribution in [0.3, 0.4) is 0 Å². The van der Waals surface area contributed by atoms with Crippen LogP contribution < -0.4 is 14.8 Å². The van der Waals surface area contributed by atoms with E-state index in [0.717, 1.165) is 11.4 Å². The fourth-order valence-corrected chi connectivity index (χ4v) is 2.62. The lowest BCUT2D eigenvalue weighted by molar-refractivity contribution is 0.101. The van der Waals surface area contributed by atoms with E-state index in [-0.39, 0.29) is 5.91 Å². The van der Waals surface area contributed by atoms with Crippen molar-refractivity contribution in [3.8, 4) is 22.9 Å². The number of aromatic amines is 1. The Bertz CT molecular complexity index is 875. The summed E-state index contributed by atoms with van der Waals surface area (Å²) < 4.78 is 11.1. The first-order valence-corrected chi connectivity index (χ1v) is 7.61. The molecule has 0 saturated heterocycles. The van der Waals surface area contributed by atoms with Crippen LogP contribution >= 0.6 is 0 Å². The van der Waals surface area contributed by atoms with Gasteiger partial charge >= 0.3 is 0 Å². The van der Waals surface area contributed by atoms with Crippen LogP contribution in [-0.4, -0.2) is 29.1 Å². The molecule has 1 aromatic heterocycles. The van der Waals surface area contributed by atoms with Crippen molar-refractivity contribution in [3.05, 3.63) is 60.4 Å². The Morgan fingerprint density at radius 1 is 1.12 bits per heavy atom. The molecule has 1 aliphatic heterocycles. The number of fused-ring (bicyclic) bond motifs is 1. The molecule has 1 aliphatic rings. The maximum absolute atomic E-state index is 12.6. The van der Waals surface area contributed by atoms with Gasteiger partial charge in [0.05, 0.1) is 5.56 Å². The van der Waals surface area contributed by atoms with Crippen molar-refractivity contribution in [2.45, 2.75) is 0 Å². The largest absolute Gasteiger partial charge is 0.486 e. The number of carbonyl (C=O) groups is 1. The van der Waals surface area contributed by atoms with E-state index in [1.165, 1.54) is 0 Å². The van der Waals surface area contributed by atoms with Crippen molar-refractivity contribution in [3.63, 3.8) is 0 Å². The highest BCUT2D eigenvalue weighted by Crippen LogP contribution is 2.34. The van der Waals surface area contributed by atoms with E-state index >= 15 is 0 Å². The molecule has 0 fully saturated rings. The summed E-state index contributed by atoms with van der Waals surface area (Å²) in [5.74, 6) is 1.59. The third kappa shape index (κ3) is 2.69. The Labute approximate surface area is 138 Å². The molecule has 0 atom stereocenters. The molecule has 4 rings (SSSR count). The van der Waals surface area contributed by atoms with Gasteiger partial charge in [-0.1, -0.05) is 18.2 Å². The standard InChI is InChI=1S/C18H15N3O3/c22-18(14-5-2-6-15-16(14)24-10-9-23-15)21-13-4-1-3-12(11-13)17-19-7-8-20-17/h1-8,11H,9-10H2,(H,19,20)(H,21,22). The number of benzene rings is 2. The number of para-hydroxylation sites is 1. The molecule has 2 N–H and O–H groups in total. The van der Waals surface area contributed by atoms with E-state index in [4.69, 9.17) is 9.47 Å². The molecule has 0 unspecified atom stereocenters. The topological polar surface area (TPSA) is 76.2 Å². The molecule has 2 aromatic carbocycles. The lowest BCUT2D eigenvalue weighted by atomic mass is 10.1. The second kappa shape index (κ2) is 6.08. The van der Waals surface area contributed by atoms with Crippen LogP contribution in [0.2, 0.25) is 0 Å². The first-order valence-electron chi connectivity index (χ1n) is 7.61. The molecule has 6 nitrogen and oxygen atoms in total.